The van der Waals surface area contributed by atoms with Crippen molar-refractivity contribution in [3.8, 4) is 0 Å². The molecule has 0 heterocycles. The third-order valence-corrected chi connectivity index (χ3v) is 12.1. The van der Waals surface area contributed by atoms with Crippen molar-refractivity contribution in [2.45, 2.75) is 238 Å². The van der Waals surface area contributed by atoms with Crippen LogP contribution >= 0.6 is 0 Å². The Kier molecular flexibility index (Phi) is 36.9. The van der Waals surface area contributed by atoms with E-state index in [4.69, 9.17) is 5.11 Å². The van der Waals surface area contributed by atoms with Gasteiger partial charge in [0.25, 0.3) is 0 Å². The molecule has 0 aromatic heterocycles. The largest absolute Gasteiger partial charge is 0.396 e. The highest BCUT2D eigenvalue weighted by atomic mass is 16.3. The van der Waals surface area contributed by atoms with Crippen LogP contribution in [0, 0.1) is 5.92 Å². The van der Waals surface area contributed by atoms with Crippen molar-refractivity contribution in [1.82, 2.24) is 0 Å². The Hall–Kier alpha value is -2.90. The fourth-order valence-electron chi connectivity index (χ4n) is 7.50. The van der Waals surface area contributed by atoms with Crippen LogP contribution in [0.3, 0.4) is 0 Å². The second kappa shape index (κ2) is 38.7. The van der Waals surface area contributed by atoms with Crippen molar-refractivity contribution in [1.29, 1.82) is 0 Å². The topological polar surface area (TPSA) is 20.2 Å². The summed E-state index contributed by atoms with van der Waals surface area (Å²) in [5.74, 6) is 0.615. The van der Waals surface area contributed by atoms with Crippen molar-refractivity contribution in [2.24, 2.45) is 5.92 Å². The lowest BCUT2D eigenvalue weighted by molar-refractivity contribution is 0.259. The second-order valence-corrected chi connectivity index (χ2v) is 19.4. The smallest absolute Gasteiger partial charge is 0.0433 e. The molecule has 1 unspecified atom stereocenters. The summed E-state index contributed by atoms with van der Waals surface area (Å²) in [6.07, 6.45) is 53.4. The fraction of sp³-hybridized carbons (Fsp3) is 0.633. The number of hydrogen-bond donors (Lipinski definition) is 1. The monoisotopic (exact) mass is 837 g/mol. The van der Waals surface area contributed by atoms with Crippen molar-refractivity contribution in [3.05, 3.63) is 128 Å². The van der Waals surface area contributed by atoms with Crippen LogP contribution in [-0.2, 0) is 0 Å². The Labute approximate surface area is 381 Å². The van der Waals surface area contributed by atoms with E-state index in [9.17, 15) is 0 Å². The van der Waals surface area contributed by atoms with Crippen molar-refractivity contribution in [3.63, 3.8) is 0 Å². The van der Waals surface area contributed by atoms with Crippen LogP contribution in [0.15, 0.2) is 128 Å². The first-order valence-corrected chi connectivity index (χ1v) is 24.9. The maximum absolute atomic E-state index is 9.07. The molecule has 0 aliphatic heterocycles. The SMILES string of the molecule is CC(C)=CCCC(C)=CCCC(C)=CCCC(C)=CCCC(C)=CCCC(C)=CCCC(C)=CCCC(C)=CCCC(C)=CCCC(C)=CCCC(C)=CCCC(C)CCO. The average Bonchev–Trinajstić information content (AvgIpc) is 3.18. The van der Waals surface area contributed by atoms with Crippen LogP contribution in [0.2, 0.25) is 0 Å². The van der Waals surface area contributed by atoms with E-state index in [1.165, 1.54) is 138 Å². The highest BCUT2D eigenvalue weighted by molar-refractivity contribution is 5.11. The Morgan fingerprint density at radius 3 is 0.639 bits per heavy atom. The molecule has 0 amide bonds. The summed E-state index contributed by atoms with van der Waals surface area (Å²) in [6, 6.07) is 0. The molecule has 0 radical (unpaired) electrons. The van der Waals surface area contributed by atoms with Gasteiger partial charge >= 0.3 is 0 Å². The minimum atomic E-state index is 0.311. The van der Waals surface area contributed by atoms with Crippen LogP contribution in [-0.4, -0.2) is 11.7 Å². The van der Waals surface area contributed by atoms with Gasteiger partial charge in [-0.15, -0.1) is 0 Å². The molecule has 0 saturated carbocycles. The molecule has 1 nitrogen and oxygen atoms in total. The van der Waals surface area contributed by atoms with Gasteiger partial charge in [0.15, 0.2) is 0 Å². The second-order valence-electron chi connectivity index (χ2n) is 19.4. The maximum atomic E-state index is 9.07. The van der Waals surface area contributed by atoms with Crippen LogP contribution in [0.1, 0.15) is 238 Å². The first-order chi connectivity index (χ1) is 29.1. The van der Waals surface area contributed by atoms with Crippen LogP contribution in [0.4, 0.5) is 0 Å². The summed E-state index contributed by atoms with van der Waals surface area (Å²) in [6.45, 7) is 29.9. The maximum Gasteiger partial charge on any atom is 0.0433 e. The Morgan fingerprint density at radius 1 is 0.279 bits per heavy atom. The van der Waals surface area contributed by atoms with E-state index >= 15 is 0 Å². The van der Waals surface area contributed by atoms with Gasteiger partial charge in [0, 0.05) is 6.61 Å². The molecule has 0 fully saturated rings. The molecule has 0 aliphatic carbocycles. The van der Waals surface area contributed by atoms with Gasteiger partial charge in [0.2, 0.25) is 0 Å². The minimum Gasteiger partial charge on any atom is -0.396 e. The zero-order valence-corrected chi connectivity index (χ0v) is 42.8. The summed E-state index contributed by atoms with van der Waals surface area (Å²) in [4.78, 5) is 0. The molecule has 1 atom stereocenters. The molecular weight excluding hydrogens is 737 g/mol. The van der Waals surface area contributed by atoms with Gasteiger partial charge in [-0.25, -0.2) is 0 Å². The molecule has 0 bridgehead atoms. The molecule has 61 heavy (non-hydrogen) atoms. The van der Waals surface area contributed by atoms with Gasteiger partial charge in [0.1, 0.15) is 0 Å². The van der Waals surface area contributed by atoms with Gasteiger partial charge < -0.3 is 5.11 Å². The van der Waals surface area contributed by atoms with Crippen LogP contribution < -0.4 is 0 Å². The summed E-state index contributed by atoms with van der Waals surface area (Å²) in [5, 5.41) is 9.07. The summed E-state index contributed by atoms with van der Waals surface area (Å²) in [5.41, 5.74) is 16.7. The standard InChI is InChI=1S/C60H100O/c1-49(2)25-14-26-50(3)27-15-28-51(4)29-16-30-52(5)31-17-32-53(6)33-18-34-54(7)35-19-36-55(8)37-20-38-56(9)39-21-40-57(10)41-22-42-58(11)43-23-44-59(12)45-24-46-60(13)47-48-61/h25,27,29,31,33,35,37,39,41,43,45,60-61H,14-24,26,28,30,32,34,36,38,40,42,44,46-48H2,1-13H3. The fourth-order valence-corrected chi connectivity index (χ4v) is 7.50. The van der Waals surface area contributed by atoms with E-state index in [2.05, 4.69) is 157 Å². The summed E-state index contributed by atoms with van der Waals surface area (Å²) >= 11 is 0. The van der Waals surface area contributed by atoms with Gasteiger partial charge in [-0.2, -0.15) is 0 Å². The van der Waals surface area contributed by atoms with E-state index in [-0.39, 0.29) is 0 Å². The molecule has 0 aromatic rings. The zero-order chi connectivity index (χ0) is 45.7. The molecule has 1 N–H and O–H groups in total. The molecule has 0 saturated heterocycles. The van der Waals surface area contributed by atoms with Crippen LogP contribution in [0.25, 0.3) is 0 Å². The highest BCUT2D eigenvalue weighted by Crippen LogP contribution is 2.19. The molecule has 0 rings (SSSR count). The van der Waals surface area contributed by atoms with Crippen LogP contribution in [0.5, 0.6) is 0 Å². The van der Waals surface area contributed by atoms with Gasteiger partial charge in [-0.05, 0) is 237 Å². The number of rotatable bonds is 35. The Balaban J connectivity index is 4.27. The third-order valence-electron chi connectivity index (χ3n) is 12.1. The number of aliphatic hydroxyl groups excluding tert-OH is 1. The Morgan fingerprint density at radius 2 is 0.459 bits per heavy atom. The molecule has 0 spiro atoms. The van der Waals surface area contributed by atoms with Crippen molar-refractivity contribution in [2.75, 3.05) is 6.61 Å². The lowest BCUT2D eigenvalue weighted by Gasteiger charge is -2.07. The molecule has 346 valence electrons. The van der Waals surface area contributed by atoms with Crippen molar-refractivity contribution >= 4 is 0 Å². The molecule has 0 aromatic carbocycles. The quantitative estimate of drug-likeness (QED) is 0.0631. The third kappa shape index (κ3) is 39.7. The molecule has 1 heteroatoms. The van der Waals surface area contributed by atoms with E-state index in [0.29, 0.717) is 12.5 Å². The predicted molar refractivity (Wildman–Crippen MR) is 279 cm³/mol. The van der Waals surface area contributed by atoms with E-state index in [0.717, 1.165) is 70.6 Å². The number of allylic oxidation sites excluding steroid dienone is 22. The Bertz CT molecular complexity index is 1510. The lowest BCUT2D eigenvalue weighted by Crippen LogP contribution is -1.97. The van der Waals surface area contributed by atoms with Gasteiger partial charge in [0.05, 0.1) is 0 Å². The lowest BCUT2D eigenvalue weighted by atomic mass is 10.0. The molecular formula is C60H100O. The first-order valence-electron chi connectivity index (χ1n) is 24.9. The minimum absolute atomic E-state index is 0.311. The van der Waals surface area contributed by atoms with Gasteiger partial charge in [-0.1, -0.05) is 135 Å². The van der Waals surface area contributed by atoms with E-state index in [1.54, 1.807) is 0 Å². The normalized spacial score (nSPS) is 15.2. The highest BCUT2D eigenvalue weighted by Gasteiger charge is 2.01. The average molecular weight is 837 g/mol. The van der Waals surface area contributed by atoms with E-state index < -0.39 is 0 Å². The summed E-state index contributed by atoms with van der Waals surface area (Å²) in [7, 11) is 0. The number of hydrogen-bond acceptors (Lipinski definition) is 1. The zero-order valence-electron chi connectivity index (χ0n) is 42.8. The predicted octanol–water partition coefficient (Wildman–Crippen LogP) is 20.0. The van der Waals surface area contributed by atoms with Crippen molar-refractivity contribution < 1.29 is 5.11 Å². The molecule has 0 aliphatic rings. The van der Waals surface area contributed by atoms with E-state index in [1.807, 2.05) is 0 Å². The van der Waals surface area contributed by atoms with Gasteiger partial charge in [-0.3, -0.25) is 0 Å². The first kappa shape index (κ1) is 58.1. The number of aliphatic hydroxyl groups is 1. The summed E-state index contributed by atoms with van der Waals surface area (Å²) < 4.78 is 0.